The van der Waals surface area contributed by atoms with Gasteiger partial charge in [0.25, 0.3) is 5.91 Å². The summed E-state index contributed by atoms with van der Waals surface area (Å²) in [5, 5.41) is -0.331. The second-order valence-corrected chi connectivity index (χ2v) is 16.6. The van der Waals surface area contributed by atoms with Crippen LogP contribution in [0.1, 0.15) is 79.3 Å². The Balaban J connectivity index is 1.26. The van der Waals surface area contributed by atoms with E-state index in [2.05, 4.69) is 27.8 Å². The Bertz CT molecular complexity index is 1660. The SMILES string of the molecule is COc1cc2c(cc1Cl)CCC[C@]21COc2ccc3cc2N(C[C@@H]2CC[C@@H]2C/C=C/C[C@H](OC)[C@H](C[C@H]2CCCO2)S(=O)(=O)NC3=O)C1. The molecule has 5 aliphatic rings. The molecular weight excluding hydrogens is 652 g/mol. The normalized spacial score (nSPS) is 32.2. The van der Waals surface area contributed by atoms with Crippen molar-refractivity contribution in [3.05, 3.63) is 64.2 Å². The van der Waals surface area contributed by atoms with E-state index in [0.29, 0.717) is 54.5 Å². The number of hydrogen-bond acceptors (Lipinski definition) is 8. The second kappa shape index (κ2) is 13.8. The van der Waals surface area contributed by atoms with Crippen LogP contribution in [0, 0.1) is 11.8 Å². The molecular formula is C37H47ClN2O7S. The third kappa shape index (κ3) is 6.57. The number of allylic oxidation sites excluding steroid dienone is 1. The predicted molar refractivity (Wildman–Crippen MR) is 186 cm³/mol. The van der Waals surface area contributed by atoms with Gasteiger partial charge in [0.05, 0.1) is 36.6 Å². The molecule has 6 atom stereocenters. The lowest BCUT2D eigenvalue weighted by atomic mass is 9.69. The first-order valence-corrected chi connectivity index (χ1v) is 19.4. The zero-order chi connectivity index (χ0) is 33.5. The van der Waals surface area contributed by atoms with Gasteiger partial charge in [0.1, 0.15) is 16.7 Å². The molecule has 2 aromatic rings. The number of hydrogen-bond donors (Lipinski definition) is 1. The number of rotatable bonds is 4. The molecule has 1 saturated carbocycles. The zero-order valence-corrected chi connectivity index (χ0v) is 29.5. The van der Waals surface area contributed by atoms with E-state index in [4.69, 9.17) is 30.5 Å². The maximum absolute atomic E-state index is 14.0. The molecule has 260 valence electrons. The van der Waals surface area contributed by atoms with Gasteiger partial charge in [0.15, 0.2) is 0 Å². The van der Waals surface area contributed by atoms with Crippen LogP contribution in [0.2, 0.25) is 5.02 Å². The molecule has 3 aliphatic heterocycles. The summed E-state index contributed by atoms with van der Waals surface area (Å²) in [6.45, 7) is 2.63. The van der Waals surface area contributed by atoms with Crippen molar-refractivity contribution in [2.24, 2.45) is 11.8 Å². The molecule has 1 amide bonds. The Morgan fingerprint density at radius 2 is 1.90 bits per heavy atom. The van der Waals surface area contributed by atoms with Crippen molar-refractivity contribution in [2.75, 3.05) is 45.4 Å². The van der Waals surface area contributed by atoms with Gasteiger partial charge in [-0.3, -0.25) is 4.79 Å². The van der Waals surface area contributed by atoms with Gasteiger partial charge in [-0.1, -0.05) is 23.8 Å². The van der Waals surface area contributed by atoms with Gasteiger partial charge in [0, 0.05) is 37.8 Å². The van der Waals surface area contributed by atoms with E-state index in [-0.39, 0.29) is 23.5 Å². The number of aryl methyl sites for hydroxylation is 1. The molecule has 11 heteroatoms. The minimum Gasteiger partial charge on any atom is -0.495 e. The highest BCUT2D eigenvalue weighted by atomic mass is 35.5. The fourth-order valence-electron chi connectivity index (χ4n) is 8.62. The minimum atomic E-state index is -4.12. The number of carbonyl (C=O) groups is 1. The van der Waals surface area contributed by atoms with E-state index in [9.17, 15) is 13.2 Å². The van der Waals surface area contributed by atoms with Gasteiger partial charge < -0.3 is 23.8 Å². The molecule has 1 spiro atoms. The van der Waals surface area contributed by atoms with Crippen LogP contribution in [0.3, 0.4) is 0 Å². The molecule has 2 aromatic carbocycles. The molecule has 2 aliphatic carbocycles. The summed E-state index contributed by atoms with van der Waals surface area (Å²) in [4.78, 5) is 16.2. The Morgan fingerprint density at radius 3 is 2.65 bits per heavy atom. The van der Waals surface area contributed by atoms with Gasteiger partial charge in [-0.2, -0.15) is 0 Å². The number of nitrogens with one attached hydrogen (secondary N) is 1. The number of benzene rings is 2. The summed E-state index contributed by atoms with van der Waals surface area (Å²) in [6, 6.07) is 9.43. The molecule has 1 saturated heterocycles. The molecule has 2 bridgehead atoms. The van der Waals surface area contributed by atoms with E-state index in [1.54, 1.807) is 20.3 Å². The fraction of sp³-hybridized carbons (Fsp3) is 0.595. The minimum absolute atomic E-state index is 0.184. The zero-order valence-electron chi connectivity index (χ0n) is 27.9. The molecule has 0 aromatic heterocycles. The van der Waals surface area contributed by atoms with Crippen molar-refractivity contribution in [1.29, 1.82) is 0 Å². The number of nitrogens with zero attached hydrogens (tertiary/aromatic N) is 1. The van der Waals surface area contributed by atoms with Crippen LogP contribution < -0.4 is 19.1 Å². The van der Waals surface area contributed by atoms with Crippen LogP contribution in [-0.4, -0.2) is 72.3 Å². The van der Waals surface area contributed by atoms with Crippen molar-refractivity contribution < 1.29 is 32.2 Å². The number of fused-ring (bicyclic) bond motifs is 4. The van der Waals surface area contributed by atoms with Gasteiger partial charge in [-0.15, -0.1) is 0 Å². The Kier molecular flexibility index (Phi) is 9.72. The molecule has 7 rings (SSSR count). The van der Waals surface area contributed by atoms with E-state index in [0.717, 1.165) is 63.6 Å². The largest absolute Gasteiger partial charge is 0.495 e. The summed E-state index contributed by atoms with van der Waals surface area (Å²) >= 11 is 6.58. The highest BCUT2D eigenvalue weighted by molar-refractivity contribution is 7.90. The molecule has 2 fully saturated rings. The molecule has 0 radical (unpaired) electrons. The monoisotopic (exact) mass is 698 g/mol. The molecule has 48 heavy (non-hydrogen) atoms. The van der Waals surface area contributed by atoms with Crippen LogP contribution >= 0.6 is 11.6 Å². The Hall–Kier alpha value is -2.79. The van der Waals surface area contributed by atoms with Crippen molar-refractivity contribution >= 4 is 33.2 Å². The van der Waals surface area contributed by atoms with Crippen LogP contribution in [0.25, 0.3) is 0 Å². The average Bonchev–Trinajstić information content (AvgIpc) is 3.53. The summed E-state index contributed by atoms with van der Waals surface area (Å²) in [6.07, 6.45) is 12.0. The number of methoxy groups -OCH3 is 2. The van der Waals surface area contributed by atoms with Crippen LogP contribution in [0.15, 0.2) is 42.5 Å². The number of anilines is 1. The van der Waals surface area contributed by atoms with Gasteiger partial charge in [0.2, 0.25) is 10.0 Å². The quantitative estimate of drug-likeness (QED) is 0.376. The van der Waals surface area contributed by atoms with Crippen molar-refractivity contribution in [3.8, 4) is 11.5 Å². The summed E-state index contributed by atoms with van der Waals surface area (Å²) in [7, 11) is -0.931. The third-order valence-corrected chi connectivity index (χ3v) is 13.5. The van der Waals surface area contributed by atoms with Gasteiger partial charge in [-0.05, 0) is 118 Å². The topological polar surface area (TPSA) is 103 Å². The fourth-order valence-corrected chi connectivity index (χ4v) is 10.5. The Morgan fingerprint density at radius 1 is 1.06 bits per heavy atom. The first-order valence-electron chi connectivity index (χ1n) is 17.4. The van der Waals surface area contributed by atoms with Crippen LogP contribution in [-0.2, 0) is 31.3 Å². The van der Waals surface area contributed by atoms with Crippen molar-refractivity contribution in [2.45, 2.75) is 87.1 Å². The maximum Gasteiger partial charge on any atom is 0.264 e. The lowest BCUT2D eigenvalue weighted by Crippen LogP contribution is -2.48. The lowest BCUT2D eigenvalue weighted by Gasteiger charge is -2.44. The van der Waals surface area contributed by atoms with Crippen molar-refractivity contribution in [1.82, 2.24) is 4.72 Å². The van der Waals surface area contributed by atoms with E-state index in [1.165, 1.54) is 11.1 Å². The second-order valence-electron chi connectivity index (χ2n) is 14.3. The number of carbonyl (C=O) groups excluding carboxylic acids is 1. The standard InChI is InChI=1S/C37H47ClN2O7S/c1-44-33-10-4-3-7-24-11-12-27(24)21-40-22-37(15-5-8-25-17-30(38)34(45-2)20-29(25)37)23-47-32-14-13-26(18-31(32)40)36(41)39-48(42,43)35(33)19-28-9-6-16-46-28/h3-4,13-14,17-18,20,24,27-28,33,35H,5-12,15-16,19,21-23H2,1-2H3,(H,39,41)/b4-3+/t24-,27-,28+,33-,35-,37-/m0/s1. The Labute approximate surface area is 289 Å². The van der Waals surface area contributed by atoms with E-state index in [1.807, 2.05) is 18.2 Å². The highest BCUT2D eigenvalue weighted by Crippen LogP contribution is 2.48. The predicted octanol–water partition coefficient (Wildman–Crippen LogP) is 6.21. The third-order valence-electron chi connectivity index (χ3n) is 11.5. The first-order chi connectivity index (χ1) is 23.2. The van der Waals surface area contributed by atoms with E-state index < -0.39 is 27.3 Å². The number of halogens is 1. The molecule has 9 nitrogen and oxygen atoms in total. The first kappa shape index (κ1) is 33.7. The molecule has 3 heterocycles. The van der Waals surface area contributed by atoms with E-state index >= 15 is 0 Å². The maximum atomic E-state index is 14.0. The van der Waals surface area contributed by atoms with Gasteiger partial charge >= 0.3 is 0 Å². The number of ether oxygens (including phenoxy) is 4. The van der Waals surface area contributed by atoms with Crippen LogP contribution in [0.4, 0.5) is 5.69 Å². The summed E-state index contributed by atoms with van der Waals surface area (Å²) in [5.41, 5.74) is 3.23. The summed E-state index contributed by atoms with van der Waals surface area (Å²) in [5.74, 6) is 1.71. The summed E-state index contributed by atoms with van der Waals surface area (Å²) < 4.78 is 54.3. The number of sulfonamides is 1. The smallest absolute Gasteiger partial charge is 0.264 e. The lowest BCUT2D eigenvalue weighted by molar-refractivity contribution is 0.0627. The van der Waals surface area contributed by atoms with Gasteiger partial charge in [-0.25, -0.2) is 13.1 Å². The molecule has 0 unspecified atom stereocenters. The number of amides is 1. The highest BCUT2D eigenvalue weighted by Gasteiger charge is 2.44. The van der Waals surface area contributed by atoms with Crippen molar-refractivity contribution in [3.63, 3.8) is 0 Å². The van der Waals surface area contributed by atoms with Crippen LogP contribution in [0.5, 0.6) is 11.5 Å². The average molecular weight is 699 g/mol. The molecule has 1 N–H and O–H groups in total.